The lowest BCUT2D eigenvalue weighted by Crippen LogP contribution is -2.33. The molecule has 1 aromatic rings. The predicted molar refractivity (Wildman–Crippen MR) is 60.0 cm³/mol. The number of nitrogens with one attached hydrogen (secondary N) is 1. The molecular weight excluding hydrogens is 191 g/mol. The van der Waals surface area contributed by atoms with Gasteiger partial charge in [0.05, 0.1) is 6.20 Å². The molecule has 84 valence electrons. The Kier molecular flexibility index (Phi) is 4.21. The topological polar surface area (TPSA) is 24.9 Å². The van der Waals surface area contributed by atoms with E-state index in [1.165, 1.54) is 12.3 Å². The Balaban J connectivity index is 2.64. The van der Waals surface area contributed by atoms with E-state index in [1.54, 1.807) is 6.20 Å². The molecule has 0 spiro atoms. The minimum atomic E-state index is -0.279. The lowest BCUT2D eigenvalue weighted by Gasteiger charge is -2.22. The van der Waals surface area contributed by atoms with E-state index >= 15 is 0 Å². The molecule has 3 heteroatoms. The summed E-state index contributed by atoms with van der Waals surface area (Å²) in [4.78, 5) is 3.84. The fourth-order valence-corrected chi connectivity index (χ4v) is 1.35. The van der Waals surface area contributed by atoms with Gasteiger partial charge in [-0.1, -0.05) is 13.8 Å². The van der Waals surface area contributed by atoms with E-state index < -0.39 is 0 Å². The van der Waals surface area contributed by atoms with Crippen molar-refractivity contribution in [2.75, 3.05) is 0 Å². The van der Waals surface area contributed by atoms with Crippen molar-refractivity contribution < 1.29 is 4.39 Å². The molecular formula is C12H19FN2. The lowest BCUT2D eigenvalue weighted by molar-refractivity contribution is 0.387. The second kappa shape index (κ2) is 5.21. The molecule has 0 aliphatic rings. The van der Waals surface area contributed by atoms with Gasteiger partial charge >= 0.3 is 0 Å². The molecule has 2 nitrogen and oxygen atoms in total. The maximum absolute atomic E-state index is 12.9. The minimum absolute atomic E-state index is 0.130. The largest absolute Gasteiger partial charge is 0.307 e. The van der Waals surface area contributed by atoms with Gasteiger partial charge in [-0.15, -0.1) is 0 Å². The van der Waals surface area contributed by atoms with Crippen LogP contribution in [0, 0.1) is 11.7 Å². The van der Waals surface area contributed by atoms with Crippen molar-refractivity contribution >= 4 is 0 Å². The van der Waals surface area contributed by atoms with E-state index in [0.717, 1.165) is 5.56 Å². The fourth-order valence-electron chi connectivity index (χ4n) is 1.35. The molecule has 0 aliphatic carbocycles. The van der Waals surface area contributed by atoms with Gasteiger partial charge in [-0.05, 0) is 31.4 Å². The molecule has 0 bridgehead atoms. The van der Waals surface area contributed by atoms with Gasteiger partial charge in [0.15, 0.2) is 0 Å². The molecule has 2 unspecified atom stereocenters. The van der Waals surface area contributed by atoms with Gasteiger partial charge in [0.1, 0.15) is 5.82 Å². The predicted octanol–water partition coefficient (Wildman–Crippen LogP) is 2.92. The van der Waals surface area contributed by atoms with E-state index in [0.29, 0.717) is 12.0 Å². The van der Waals surface area contributed by atoms with Gasteiger partial charge in [0.25, 0.3) is 0 Å². The quantitative estimate of drug-likeness (QED) is 0.826. The average Bonchev–Trinajstić information content (AvgIpc) is 2.17. The highest BCUT2D eigenvalue weighted by Gasteiger charge is 2.12. The zero-order chi connectivity index (χ0) is 11.4. The molecule has 0 saturated carbocycles. The summed E-state index contributed by atoms with van der Waals surface area (Å²) < 4.78 is 12.9. The van der Waals surface area contributed by atoms with Crippen molar-refractivity contribution in [3.8, 4) is 0 Å². The summed E-state index contributed by atoms with van der Waals surface area (Å²) in [5, 5.41) is 3.42. The number of aromatic nitrogens is 1. The van der Waals surface area contributed by atoms with Crippen LogP contribution in [0.3, 0.4) is 0 Å². The van der Waals surface area contributed by atoms with Crippen LogP contribution in [0.1, 0.15) is 39.3 Å². The Morgan fingerprint density at radius 2 is 1.87 bits per heavy atom. The molecule has 0 saturated heterocycles. The van der Waals surface area contributed by atoms with Gasteiger partial charge in [0, 0.05) is 18.3 Å². The first-order valence-corrected chi connectivity index (χ1v) is 5.37. The zero-order valence-corrected chi connectivity index (χ0v) is 9.79. The Bertz CT molecular complexity index is 312. The molecule has 15 heavy (non-hydrogen) atoms. The monoisotopic (exact) mass is 210 g/mol. The van der Waals surface area contributed by atoms with Crippen molar-refractivity contribution in [3.63, 3.8) is 0 Å². The van der Waals surface area contributed by atoms with Gasteiger partial charge in [-0.2, -0.15) is 0 Å². The van der Waals surface area contributed by atoms with Crippen LogP contribution < -0.4 is 5.32 Å². The van der Waals surface area contributed by atoms with Gasteiger partial charge in [0.2, 0.25) is 0 Å². The second-order valence-electron chi connectivity index (χ2n) is 4.36. The smallest absolute Gasteiger partial charge is 0.141 e. The SMILES string of the molecule is CC(NC(C)C(C)C)c1cncc(F)c1. The summed E-state index contributed by atoms with van der Waals surface area (Å²) in [6, 6.07) is 2.06. The van der Waals surface area contributed by atoms with E-state index in [4.69, 9.17) is 0 Å². The van der Waals surface area contributed by atoms with Crippen LogP contribution in [0.15, 0.2) is 18.5 Å². The number of halogens is 1. The van der Waals surface area contributed by atoms with Crippen LogP contribution >= 0.6 is 0 Å². The summed E-state index contributed by atoms with van der Waals surface area (Å²) >= 11 is 0. The van der Waals surface area contributed by atoms with E-state index in [9.17, 15) is 4.39 Å². The zero-order valence-electron chi connectivity index (χ0n) is 9.79. The standard InChI is InChI=1S/C12H19FN2/c1-8(2)9(3)15-10(4)11-5-12(13)7-14-6-11/h5-10,15H,1-4H3. The van der Waals surface area contributed by atoms with Crippen LogP contribution in [0.5, 0.6) is 0 Å². The number of hydrogen-bond acceptors (Lipinski definition) is 2. The normalized spacial score (nSPS) is 15.3. The summed E-state index contributed by atoms with van der Waals surface area (Å²) in [5.41, 5.74) is 0.891. The van der Waals surface area contributed by atoms with Gasteiger partial charge < -0.3 is 5.32 Å². The Morgan fingerprint density at radius 3 is 2.40 bits per heavy atom. The lowest BCUT2D eigenvalue weighted by atomic mass is 10.0. The van der Waals surface area contributed by atoms with E-state index in [-0.39, 0.29) is 11.9 Å². The molecule has 1 N–H and O–H groups in total. The van der Waals surface area contributed by atoms with Crippen molar-refractivity contribution in [2.45, 2.75) is 39.8 Å². The second-order valence-corrected chi connectivity index (χ2v) is 4.36. The molecule has 0 aromatic carbocycles. The number of rotatable bonds is 4. The molecule has 1 rings (SSSR count). The van der Waals surface area contributed by atoms with Crippen LogP contribution in [-0.4, -0.2) is 11.0 Å². The van der Waals surface area contributed by atoms with Crippen LogP contribution in [0.2, 0.25) is 0 Å². The molecule has 1 aromatic heterocycles. The molecule has 1 heterocycles. The van der Waals surface area contributed by atoms with Gasteiger partial charge in [-0.25, -0.2) is 4.39 Å². The highest BCUT2D eigenvalue weighted by molar-refractivity contribution is 5.14. The first-order chi connectivity index (χ1) is 7.00. The van der Waals surface area contributed by atoms with Crippen molar-refractivity contribution in [2.24, 2.45) is 5.92 Å². The van der Waals surface area contributed by atoms with E-state index in [1.807, 2.05) is 6.92 Å². The Morgan fingerprint density at radius 1 is 1.20 bits per heavy atom. The van der Waals surface area contributed by atoms with Crippen molar-refractivity contribution in [1.82, 2.24) is 10.3 Å². The number of hydrogen-bond donors (Lipinski definition) is 1. The minimum Gasteiger partial charge on any atom is -0.307 e. The van der Waals surface area contributed by atoms with E-state index in [2.05, 4.69) is 31.1 Å². The summed E-state index contributed by atoms with van der Waals surface area (Å²) in [6.45, 7) is 8.48. The van der Waals surface area contributed by atoms with Gasteiger partial charge in [-0.3, -0.25) is 4.98 Å². The molecule has 0 aliphatic heterocycles. The maximum Gasteiger partial charge on any atom is 0.141 e. The first-order valence-electron chi connectivity index (χ1n) is 5.37. The maximum atomic E-state index is 12.9. The Hall–Kier alpha value is -0.960. The molecule has 0 amide bonds. The highest BCUT2D eigenvalue weighted by atomic mass is 19.1. The van der Waals surface area contributed by atoms with Crippen LogP contribution in [0.4, 0.5) is 4.39 Å². The summed E-state index contributed by atoms with van der Waals surface area (Å²) in [5.74, 6) is 0.285. The van der Waals surface area contributed by atoms with Crippen LogP contribution in [-0.2, 0) is 0 Å². The third-order valence-corrected chi connectivity index (χ3v) is 2.74. The summed E-state index contributed by atoms with van der Waals surface area (Å²) in [6.07, 6.45) is 2.93. The molecule has 0 fully saturated rings. The van der Waals surface area contributed by atoms with Crippen LogP contribution in [0.25, 0.3) is 0 Å². The fraction of sp³-hybridized carbons (Fsp3) is 0.583. The van der Waals surface area contributed by atoms with Crippen molar-refractivity contribution in [1.29, 1.82) is 0 Å². The third-order valence-electron chi connectivity index (χ3n) is 2.74. The summed E-state index contributed by atoms with van der Waals surface area (Å²) in [7, 11) is 0. The average molecular weight is 210 g/mol. The molecule has 2 atom stereocenters. The number of pyridine rings is 1. The molecule has 0 radical (unpaired) electrons. The highest BCUT2D eigenvalue weighted by Crippen LogP contribution is 2.14. The number of nitrogens with zero attached hydrogens (tertiary/aromatic N) is 1. The van der Waals surface area contributed by atoms with Crippen molar-refractivity contribution in [3.05, 3.63) is 29.8 Å². The first kappa shape index (κ1) is 12.1. The third kappa shape index (κ3) is 3.59. The Labute approximate surface area is 90.9 Å².